The highest BCUT2D eigenvalue weighted by Crippen LogP contribution is 2.25. The monoisotopic (exact) mass is 218 g/mol. The smallest absolute Gasteiger partial charge is 0.227 e. The molecule has 3 N–H and O–H groups in total. The van der Waals surface area contributed by atoms with Gasteiger partial charge >= 0.3 is 0 Å². The number of benzene rings is 1. The third-order valence-electron chi connectivity index (χ3n) is 3.18. The number of nitrogens with two attached hydrogens (primary N) is 1. The summed E-state index contributed by atoms with van der Waals surface area (Å²) in [5.74, 6) is 0.382. The van der Waals surface area contributed by atoms with E-state index in [0.29, 0.717) is 6.54 Å². The van der Waals surface area contributed by atoms with Crippen molar-refractivity contribution in [1.82, 2.24) is 0 Å². The minimum Gasteiger partial charge on any atom is -0.326 e. The average molecular weight is 218 g/mol. The Labute approximate surface area is 96.0 Å². The summed E-state index contributed by atoms with van der Waals surface area (Å²) < 4.78 is 0. The van der Waals surface area contributed by atoms with E-state index in [9.17, 15) is 4.79 Å². The van der Waals surface area contributed by atoms with Crippen LogP contribution in [0.25, 0.3) is 0 Å². The SMILES string of the molecule is NCc1ccc(NC(=O)C2CCCC2)cc1. The molecule has 3 nitrogen and oxygen atoms in total. The van der Waals surface area contributed by atoms with E-state index in [0.717, 1.165) is 24.1 Å². The van der Waals surface area contributed by atoms with Gasteiger partial charge in [-0.3, -0.25) is 4.79 Å². The van der Waals surface area contributed by atoms with Crippen molar-refractivity contribution < 1.29 is 4.79 Å². The van der Waals surface area contributed by atoms with Gasteiger partial charge in [-0.1, -0.05) is 25.0 Å². The van der Waals surface area contributed by atoms with E-state index in [1.165, 1.54) is 12.8 Å². The first-order chi connectivity index (χ1) is 7.79. The molecule has 2 rings (SSSR count). The fourth-order valence-corrected chi connectivity index (χ4v) is 2.16. The molecule has 1 aliphatic rings. The van der Waals surface area contributed by atoms with Gasteiger partial charge in [0.15, 0.2) is 0 Å². The molecule has 16 heavy (non-hydrogen) atoms. The third-order valence-corrected chi connectivity index (χ3v) is 3.18. The zero-order valence-electron chi connectivity index (χ0n) is 9.41. The van der Waals surface area contributed by atoms with Gasteiger partial charge in [-0.15, -0.1) is 0 Å². The summed E-state index contributed by atoms with van der Waals surface area (Å²) in [6, 6.07) is 7.72. The van der Waals surface area contributed by atoms with Crippen molar-refractivity contribution in [3.8, 4) is 0 Å². The van der Waals surface area contributed by atoms with Crippen molar-refractivity contribution in [2.24, 2.45) is 11.7 Å². The number of hydrogen-bond acceptors (Lipinski definition) is 2. The molecular weight excluding hydrogens is 200 g/mol. The van der Waals surface area contributed by atoms with Gasteiger partial charge in [0.1, 0.15) is 0 Å². The van der Waals surface area contributed by atoms with Crippen molar-refractivity contribution in [3.05, 3.63) is 29.8 Å². The van der Waals surface area contributed by atoms with Crippen molar-refractivity contribution in [1.29, 1.82) is 0 Å². The Balaban J connectivity index is 1.94. The molecule has 0 unspecified atom stereocenters. The van der Waals surface area contributed by atoms with E-state index in [2.05, 4.69) is 5.32 Å². The quantitative estimate of drug-likeness (QED) is 0.817. The molecule has 0 atom stereocenters. The van der Waals surface area contributed by atoms with Gasteiger partial charge in [0, 0.05) is 18.2 Å². The molecule has 1 aromatic carbocycles. The Bertz CT molecular complexity index is 353. The number of amides is 1. The van der Waals surface area contributed by atoms with E-state index < -0.39 is 0 Å². The maximum Gasteiger partial charge on any atom is 0.227 e. The predicted molar refractivity (Wildman–Crippen MR) is 64.9 cm³/mol. The molecule has 1 saturated carbocycles. The summed E-state index contributed by atoms with van der Waals surface area (Å²) in [6.07, 6.45) is 4.44. The molecule has 1 aliphatic carbocycles. The van der Waals surface area contributed by atoms with E-state index >= 15 is 0 Å². The first-order valence-corrected chi connectivity index (χ1v) is 5.89. The van der Waals surface area contributed by atoms with Crippen LogP contribution in [0.5, 0.6) is 0 Å². The highest BCUT2D eigenvalue weighted by Gasteiger charge is 2.22. The average Bonchev–Trinajstić information content (AvgIpc) is 2.83. The van der Waals surface area contributed by atoms with Gasteiger partial charge in [-0.2, -0.15) is 0 Å². The molecule has 0 heterocycles. The number of hydrogen-bond donors (Lipinski definition) is 2. The standard InChI is InChI=1S/C13H18N2O/c14-9-10-5-7-12(8-6-10)15-13(16)11-3-1-2-4-11/h5-8,11H,1-4,9,14H2,(H,15,16). The summed E-state index contributed by atoms with van der Waals surface area (Å²) in [5, 5.41) is 2.96. The van der Waals surface area contributed by atoms with Crippen LogP contribution in [0, 0.1) is 5.92 Å². The minimum atomic E-state index is 0.165. The van der Waals surface area contributed by atoms with Gasteiger partial charge in [-0.25, -0.2) is 0 Å². The molecule has 0 aromatic heterocycles. The maximum absolute atomic E-state index is 11.8. The van der Waals surface area contributed by atoms with Gasteiger partial charge in [0.05, 0.1) is 0 Å². The first-order valence-electron chi connectivity index (χ1n) is 5.89. The summed E-state index contributed by atoms with van der Waals surface area (Å²) in [6.45, 7) is 0.539. The minimum absolute atomic E-state index is 0.165. The predicted octanol–water partition coefficient (Wildman–Crippen LogP) is 2.27. The van der Waals surface area contributed by atoms with Crippen LogP contribution in [0.15, 0.2) is 24.3 Å². The number of carbonyl (C=O) groups excluding carboxylic acids is 1. The van der Waals surface area contributed by atoms with Crippen LogP contribution in [0.4, 0.5) is 5.69 Å². The molecule has 0 saturated heterocycles. The Hall–Kier alpha value is -1.35. The van der Waals surface area contributed by atoms with Crippen molar-refractivity contribution in [3.63, 3.8) is 0 Å². The molecule has 0 aliphatic heterocycles. The van der Waals surface area contributed by atoms with Gasteiger partial charge < -0.3 is 11.1 Å². The number of rotatable bonds is 3. The summed E-state index contributed by atoms with van der Waals surface area (Å²) in [4.78, 5) is 11.8. The summed E-state index contributed by atoms with van der Waals surface area (Å²) in [5.41, 5.74) is 7.47. The lowest BCUT2D eigenvalue weighted by atomic mass is 10.1. The molecule has 86 valence electrons. The second-order valence-corrected chi connectivity index (χ2v) is 4.37. The zero-order chi connectivity index (χ0) is 11.4. The van der Waals surface area contributed by atoms with Crippen LogP contribution in [-0.4, -0.2) is 5.91 Å². The lowest BCUT2D eigenvalue weighted by molar-refractivity contribution is -0.119. The second-order valence-electron chi connectivity index (χ2n) is 4.37. The number of carbonyl (C=O) groups is 1. The largest absolute Gasteiger partial charge is 0.326 e. The van der Waals surface area contributed by atoms with Crippen molar-refractivity contribution in [2.75, 3.05) is 5.32 Å². The Morgan fingerprint density at radius 3 is 2.44 bits per heavy atom. The molecule has 0 bridgehead atoms. The molecule has 1 fully saturated rings. The van der Waals surface area contributed by atoms with Crippen LogP contribution in [0.2, 0.25) is 0 Å². The highest BCUT2D eigenvalue weighted by molar-refractivity contribution is 5.92. The Kier molecular flexibility index (Phi) is 3.57. The van der Waals surface area contributed by atoms with Crippen LogP contribution in [0.3, 0.4) is 0 Å². The van der Waals surface area contributed by atoms with Gasteiger partial charge in [0.25, 0.3) is 0 Å². The second kappa shape index (κ2) is 5.12. The van der Waals surface area contributed by atoms with Crippen molar-refractivity contribution >= 4 is 11.6 Å². The van der Waals surface area contributed by atoms with E-state index in [1.54, 1.807) is 0 Å². The first kappa shape index (κ1) is 11.1. The lowest BCUT2D eigenvalue weighted by Gasteiger charge is -2.10. The van der Waals surface area contributed by atoms with Crippen molar-refractivity contribution in [2.45, 2.75) is 32.2 Å². The summed E-state index contributed by atoms with van der Waals surface area (Å²) in [7, 11) is 0. The fraction of sp³-hybridized carbons (Fsp3) is 0.462. The molecule has 0 spiro atoms. The zero-order valence-corrected chi connectivity index (χ0v) is 9.41. The molecule has 3 heteroatoms. The van der Waals surface area contributed by atoms with E-state index in [-0.39, 0.29) is 11.8 Å². The van der Waals surface area contributed by atoms with Crippen LogP contribution < -0.4 is 11.1 Å². The fourth-order valence-electron chi connectivity index (χ4n) is 2.16. The van der Waals surface area contributed by atoms with E-state index in [1.807, 2.05) is 24.3 Å². The Morgan fingerprint density at radius 2 is 1.88 bits per heavy atom. The maximum atomic E-state index is 11.8. The molecule has 0 radical (unpaired) electrons. The number of anilines is 1. The van der Waals surface area contributed by atoms with Gasteiger partial charge in [0.2, 0.25) is 5.91 Å². The van der Waals surface area contributed by atoms with E-state index in [4.69, 9.17) is 5.73 Å². The van der Waals surface area contributed by atoms with Gasteiger partial charge in [-0.05, 0) is 30.5 Å². The number of nitrogens with one attached hydrogen (secondary N) is 1. The third kappa shape index (κ3) is 2.61. The molecular formula is C13H18N2O. The highest BCUT2D eigenvalue weighted by atomic mass is 16.1. The van der Waals surface area contributed by atoms with Crippen LogP contribution in [0.1, 0.15) is 31.2 Å². The summed E-state index contributed by atoms with van der Waals surface area (Å²) >= 11 is 0. The lowest BCUT2D eigenvalue weighted by Crippen LogP contribution is -2.20. The Morgan fingerprint density at radius 1 is 1.25 bits per heavy atom. The molecule has 1 aromatic rings. The normalized spacial score (nSPS) is 16.3. The topological polar surface area (TPSA) is 55.1 Å². The van der Waals surface area contributed by atoms with Crippen LogP contribution >= 0.6 is 0 Å². The molecule has 1 amide bonds. The van der Waals surface area contributed by atoms with Crippen LogP contribution in [-0.2, 0) is 11.3 Å².